The van der Waals surface area contributed by atoms with Crippen molar-refractivity contribution in [2.45, 2.75) is 70.2 Å². The molecular weight excluding hydrogens is 420 g/mol. The second kappa shape index (κ2) is 6.92. The smallest absolute Gasteiger partial charge is 0.410 e. The summed E-state index contributed by atoms with van der Waals surface area (Å²) in [6.45, 7) is 6.79. The van der Waals surface area contributed by atoms with Gasteiger partial charge in [-0.15, -0.1) is 0 Å². The van der Waals surface area contributed by atoms with Gasteiger partial charge in [-0.25, -0.2) is 23.4 Å². The van der Waals surface area contributed by atoms with Crippen LogP contribution in [0.5, 0.6) is 0 Å². The van der Waals surface area contributed by atoms with Gasteiger partial charge < -0.3 is 14.5 Å². The van der Waals surface area contributed by atoms with Gasteiger partial charge in [-0.05, 0) is 45.7 Å². The number of nitrogens with zero attached hydrogens (tertiary/aromatic N) is 5. The minimum absolute atomic E-state index is 0.00343. The van der Waals surface area contributed by atoms with Crippen molar-refractivity contribution in [3.8, 4) is 0 Å². The maximum atomic E-state index is 13.4. The Morgan fingerprint density at radius 1 is 1.22 bits per heavy atom. The highest BCUT2D eigenvalue weighted by Gasteiger charge is 2.57. The van der Waals surface area contributed by atoms with E-state index in [9.17, 15) is 18.4 Å². The maximum Gasteiger partial charge on any atom is 0.410 e. The van der Waals surface area contributed by atoms with E-state index < -0.39 is 17.4 Å². The fourth-order valence-electron chi connectivity index (χ4n) is 4.94. The van der Waals surface area contributed by atoms with Gasteiger partial charge >= 0.3 is 11.8 Å². The second-order valence-electron chi connectivity index (χ2n) is 10.3. The zero-order chi connectivity index (χ0) is 23.0. The Labute approximate surface area is 184 Å². The molecule has 3 aliphatic heterocycles. The summed E-state index contributed by atoms with van der Waals surface area (Å²) in [4.78, 5) is 34.0. The predicted molar refractivity (Wildman–Crippen MR) is 115 cm³/mol. The van der Waals surface area contributed by atoms with Crippen LogP contribution in [-0.4, -0.2) is 61.8 Å². The molecule has 2 aromatic rings. The van der Waals surface area contributed by atoms with Gasteiger partial charge in [0.15, 0.2) is 5.65 Å². The number of fused-ring (bicyclic) bond motifs is 4. The van der Waals surface area contributed by atoms with E-state index in [1.54, 1.807) is 13.1 Å². The summed E-state index contributed by atoms with van der Waals surface area (Å²) >= 11 is 0. The van der Waals surface area contributed by atoms with Gasteiger partial charge in [0, 0.05) is 45.1 Å². The summed E-state index contributed by atoms with van der Waals surface area (Å²) in [5.41, 5.74) is 0.189. The van der Waals surface area contributed by atoms with Crippen molar-refractivity contribution in [2.75, 3.05) is 18.0 Å². The normalized spacial score (nSPS) is 26.6. The van der Waals surface area contributed by atoms with Crippen molar-refractivity contribution >= 4 is 23.1 Å². The fraction of sp³-hybridized carbons (Fsp3) is 0.682. The molecule has 4 aliphatic rings. The van der Waals surface area contributed by atoms with Crippen molar-refractivity contribution in [1.82, 2.24) is 19.0 Å². The third-order valence-electron chi connectivity index (χ3n) is 6.78. The van der Waals surface area contributed by atoms with E-state index in [1.165, 1.54) is 9.13 Å². The first kappa shape index (κ1) is 21.2. The van der Waals surface area contributed by atoms with Gasteiger partial charge in [0.05, 0.1) is 11.6 Å². The lowest BCUT2D eigenvalue weighted by atomic mass is 9.91. The molecule has 2 aromatic heterocycles. The number of rotatable bonds is 3. The number of carbonyl (C=O) groups is 1. The van der Waals surface area contributed by atoms with Crippen LogP contribution in [-0.2, 0) is 18.3 Å². The number of aryl methyl sites for hydroxylation is 1. The summed E-state index contributed by atoms with van der Waals surface area (Å²) in [7, 11) is 1.62. The quantitative estimate of drug-likeness (QED) is 0.721. The Bertz CT molecular complexity index is 1140. The molecule has 2 bridgehead atoms. The van der Waals surface area contributed by atoms with Crippen LogP contribution in [0.2, 0.25) is 0 Å². The van der Waals surface area contributed by atoms with E-state index in [0.29, 0.717) is 24.3 Å². The number of amides is 1. The zero-order valence-corrected chi connectivity index (χ0v) is 18.8. The van der Waals surface area contributed by atoms with Crippen LogP contribution in [0.25, 0.3) is 11.2 Å². The topological polar surface area (TPSA) is 72.6 Å². The Balaban J connectivity index is 1.39. The zero-order valence-electron chi connectivity index (χ0n) is 18.8. The van der Waals surface area contributed by atoms with E-state index in [0.717, 1.165) is 18.7 Å². The number of pyridine rings is 1. The van der Waals surface area contributed by atoms with Crippen molar-refractivity contribution in [3.63, 3.8) is 0 Å². The highest BCUT2D eigenvalue weighted by Crippen LogP contribution is 2.49. The molecule has 1 amide bonds. The SMILES string of the molecule is Cn1c(=O)n(CC2CC2(F)F)c2ccc(N3CC4CCC3CN4C(=O)OC(C)(C)C)nc21. The number of alkyl halides is 2. The number of imidazole rings is 1. The number of piperazine rings is 1. The Morgan fingerprint density at radius 3 is 2.50 bits per heavy atom. The monoisotopic (exact) mass is 449 g/mol. The van der Waals surface area contributed by atoms with Crippen LogP contribution in [0.1, 0.15) is 40.0 Å². The number of hydrogen-bond donors (Lipinski definition) is 0. The van der Waals surface area contributed by atoms with Crippen LogP contribution in [0.3, 0.4) is 0 Å². The number of halogens is 2. The van der Waals surface area contributed by atoms with Crippen LogP contribution in [0, 0.1) is 5.92 Å². The van der Waals surface area contributed by atoms with E-state index in [-0.39, 0.29) is 36.8 Å². The molecule has 5 heterocycles. The number of ether oxygens (including phenoxy) is 1. The Morgan fingerprint density at radius 2 is 1.91 bits per heavy atom. The third kappa shape index (κ3) is 3.53. The first-order valence-corrected chi connectivity index (χ1v) is 11.1. The molecule has 1 aliphatic carbocycles. The van der Waals surface area contributed by atoms with Crippen molar-refractivity contribution in [2.24, 2.45) is 13.0 Å². The highest BCUT2D eigenvalue weighted by molar-refractivity contribution is 5.75. The summed E-state index contributed by atoms with van der Waals surface area (Å²) in [6.07, 6.45) is 1.39. The number of carbonyl (C=O) groups excluding carboxylic acids is 1. The maximum absolute atomic E-state index is 13.4. The van der Waals surface area contributed by atoms with Gasteiger partial charge in [-0.1, -0.05) is 0 Å². The minimum atomic E-state index is -2.68. The molecular formula is C22H29F2N5O3. The summed E-state index contributed by atoms with van der Waals surface area (Å²) in [5, 5.41) is 0. The molecule has 1 saturated carbocycles. The van der Waals surface area contributed by atoms with Gasteiger partial charge in [-0.2, -0.15) is 0 Å². The number of anilines is 1. The summed E-state index contributed by atoms with van der Waals surface area (Å²) in [6, 6.07) is 3.80. The van der Waals surface area contributed by atoms with Crippen LogP contribution in [0.4, 0.5) is 19.4 Å². The van der Waals surface area contributed by atoms with Crippen LogP contribution >= 0.6 is 0 Å². The van der Waals surface area contributed by atoms with E-state index in [2.05, 4.69) is 4.90 Å². The van der Waals surface area contributed by atoms with Crippen LogP contribution in [0.15, 0.2) is 16.9 Å². The van der Waals surface area contributed by atoms with Gasteiger partial charge in [-0.3, -0.25) is 9.13 Å². The van der Waals surface area contributed by atoms with Crippen molar-refractivity contribution in [1.29, 1.82) is 0 Å². The number of piperidine rings is 2. The standard InChI is InChI=1S/C22H29F2N5O3/c1-21(2,3)32-20(31)28-12-14-5-6-15(28)11-27(14)17-8-7-16-18(25-17)26(4)19(30)29(16)10-13-9-22(13,23)24/h7-8,13-15H,5-6,9-12H2,1-4H3. The van der Waals surface area contributed by atoms with E-state index in [4.69, 9.17) is 9.72 Å². The second-order valence-corrected chi connectivity index (χ2v) is 10.3. The lowest BCUT2D eigenvalue weighted by Gasteiger charge is -2.51. The van der Waals surface area contributed by atoms with Gasteiger partial charge in [0.1, 0.15) is 11.4 Å². The summed E-state index contributed by atoms with van der Waals surface area (Å²) < 4.78 is 35.2. The van der Waals surface area contributed by atoms with E-state index >= 15 is 0 Å². The fourth-order valence-corrected chi connectivity index (χ4v) is 4.94. The summed E-state index contributed by atoms with van der Waals surface area (Å²) in [5.74, 6) is -2.73. The molecule has 8 nitrogen and oxygen atoms in total. The minimum Gasteiger partial charge on any atom is -0.444 e. The molecule has 0 N–H and O–H groups in total. The predicted octanol–water partition coefficient (Wildman–Crippen LogP) is 2.98. The first-order chi connectivity index (χ1) is 14.9. The first-order valence-electron chi connectivity index (χ1n) is 11.1. The molecule has 3 unspecified atom stereocenters. The Hall–Kier alpha value is -2.65. The van der Waals surface area contributed by atoms with Crippen LogP contribution < -0.4 is 10.6 Å². The van der Waals surface area contributed by atoms with Gasteiger partial charge in [0.2, 0.25) is 0 Å². The average molecular weight is 450 g/mol. The molecule has 3 atom stereocenters. The van der Waals surface area contributed by atoms with Crippen molar-refractivity contribution in [3.05, 3.63) is 22.6 Å². The molecule has 6 rings (SSSR count). The molecule has 0 spiro atoms. The molecule has 3 saturated heterocycles. The Kier molecular flexibility index (Phi) is 4.59. The molecule has 4 fully saturated rings. The van der Waals surface area contributed by atoms with Gasteiger partial charge in [0.25, 0.3) is 5.92 Å². The lowest BCUT2D eigenvalue weighted by molar-refractivity contribution is 0.000784. The van der Waals surface area contributed by atoms with Crippen molar-refractivity contribution < 1.29 is 18.3 Å². The molecule has 0 aromatic carbocycles. The molecule has 10 heteroatoms. The molecule has 174 valence electrons. The number of hydrogen-bond acceptors (Lipinski definition) is 5. The lowest BCUT2D eigenvalue weighted by Crippen LogP contribution is -2.64. The number of aromatic nitrogens is 3. The average Bonchev–Trinajstić information content (AvgIpc) is 3.27. The highest BCUT2D eigenvalue weighted by atomic mass is 19.3. The molecule has 0 radical (unpaired) electrons. The van der Waals surface area contributed by atoms with E-state index in [1.807, 2.05) is 31.7 Å². The third-order valence-corrected chi connectivity index (χ3v) is 6.78. The molecule has 32 heavy (non-hydrogen) atoms. The largest absolute Gasteiger partial charge is 0.444 e.